The highest BCUT2D eigenvalue weighted by molar-refractivity contribution is 5.79. The van der Waals surface area contributed by atoms with Crippen molar-refractivity contribution in [2.24, 2.45) is 17.8 Å². The summed E-state index contributed by atoms with van der Waals surface area (Å²) in [6.45, 7) is 6.38. The van der Waals surface area contributed by atoms with Crippen molar-refractivity contribution >= 4 is 18.0 Å². The molecule has 0 aromatic heterocycles. The first-order valence-corrected chi connectivity index (χ1v) is 7.11. The third kappa shape index (κ3) is 4.61. The average Bonchev–Trinajstić information content (AvgIpc) is 2.78. The van der Waals surface area contributed by atoms with Crippen molar-refractivity contribution in [2.75, 3.05) is 20.2 Å². The summed E-state index contributed by atoms with van der Waals surface area (Å²) < 4.78 is 4.73. The number of hydrogen-bond acceptors (Lipinski definition) is 4. The van der Waals surface area contributed by atoms with Gasteiger partial charge in [-0.05, 0) is 11.8 Å². The highest BCUT2D eigenvalue weighted by atomic mass is 16.5. The number of hydrogen-bond donors (Lipinski definition) is 2. The number of esters is 1. The van der Waals surface area contributed by atoms with Gasteiger partial charge in [-0.3, -0.25) is 9.59 Å². The topological polar surface area (TPSA) is 95.9 Å². The molecule has 1 saturated heterocycles. The van der Waals surface area contributed by atoms with Gasteiger partial charge in [0.1, 0.15) is 0 Å². The molecular formula is C14H24N2O5. The molecule has 1 rings (SSSR count). The molecule has 0 aromatic carbocycles. The monoisotopic (exact) mass is 300 g/mol. The van der Waals surface area contributed by atoms with Gasteiger partial charge in [-0.1, -0.05) is 20.8 Å². The van der Waals surface area contributed by atoms with E-state index in [1.165, 1.54) is 7.11 Å². The van der Waals surface area contributed by atoms with E-state index in [-0.39, 0.29) is 36.2 Å². The first-order chi connectivity index (χ1) is 9.76. The highest BCUT2D eigenvalue weighted by Gasteiger charge is 2.38. The minimum atomic E-state index is -0.948. The summed E-state index contributed by atoms with van der Waals surface area (Å²) in [5, 5.41) is 11.6. The minimum absolute atomic E-state index is 0.0153. The number of ether oxygens (including phenoxy) is 1. The quantitative estimate of drug-likeness (QED) is 0.737. The Kier molecular flexibility index (Phi) is 5.99. The van der Waals surface area contributed by atoms with Crippen LogP contribution in [0.4, 0.5) is 4.79 Å². The van der Waals surface area contributed by atoms with Crippen LogP contribution in [0.15, 0.2) is 0 Å². The zero-order chi connectivity index (χ0) is 16.2. The first-order valence-electron chi connectivity index (χ1n) is 7.11. The van der Waals surface area contributed by atoms with Crippen molar-refractivity contribution in [2.45, 2.75) is 33.2 Å². The Labute approximate surface area is 124 Å². The number of carbonyl (C=O) groups is 3. The number of amides is 2. The fraction of sp³-hybridized carbons (Fsp3) is 0.786. The summed E-state index contributed by atoms with van der Waals surface area (Å²) in [4.78, 5) is 36.2. The largest absolute Gasteiger partial charge is 0.481 e. The molecule has 7 nitrogen and oxygen atoms in total. The Hall–Kier alpha value is -1.79. The maximum Gasteiger partial charge on any atom is 0.317 e. The molecule has 7 heteroatoms. The van der Waals surface area contributed by atoms with Crippen molar-refractivity contribution in [1.29, 1.82) is 0 Å². The smallest absolute Gasteiger partial charge is 0.317 e. The van der Waals surface area contributed by atoms with Crippen LogP contribution < -0.4 is 5.32 Å². The number of nitrogens with one attached hydrogen (secondary N) is 1. The molecular weight excluding hydrogens is 276 g/mol. The minimum Gasteiger partial charge on any atom is -0.481 e. The highest BCUT2D eigenvalue weighted by Crippen LogP contribution is 2.24. The van der Waals surface area contributed by atoms with Crippen molar-refractivity contribution in [3.05, 3.63) is 0 Å². The maximum atomic E-state index is 12.2. The lowest BCUT2D eigenvalue weighted by Crippen LogP contribution is -2.47. The molecule has 0 bridgehead atoms. The standard InChI is InChI=1S/C14H24N2O5/c1-8(2)11(5-12(17)18)15-14(20)16-6-9(3)10(7-16)13(19)21-4/h8-11H,5-7H2,1-4H3,(H,15,20)(H,17,18). The second-order valence-corrected chi connectivity index (χ2v) is 5.91. The van der Waals surface area contributed by atoms with Gasteiger partial charge in [0, 0.05) is 19.1 Å². The number of rotatable bonds is 5. The fourth-order valence-electron chi connectivity index (χ4n) is 2.48. The molecule has 3 atom stereocenters. The van der Waals surface area contributed by atoms with Gasteiger partial charge >= 0.3 is 18.0 Å². The van der Waals surface area contributed by atoms with E-state index in [0.29, 0.717) is 13.1 Å². The van der Waals surface area contributed by atoms with Crippen molar-refractivity contribution in [1.82, 2.24) is 10.2 Å². The second-order valence-electron chi connectivity index (χ2n) is 5.91. The Morgan fingerprint density at radius 2 is 1.95 bits per heavy atom. The van der Waals surface area contributed by atoms with Gasteiger partial charge in [-0.15, -0.1) is 0 Å². The van der Waals surface area contributed by atoms with Gasteiger partial charge in [0.05, 0.1) is 19.4 Å². The molecule has 1 heterocycles. The van der Waals surface area contributed by atoms with Crippen molar-refractivity contribution in [3.8, 4) is 0 Å². The molecule has 2 N–H and O–H groups in total. The molecule has 0 spiro atoms. The van der Waals surface area contributed by atoms with E-state index in [9.17, 15) is 14.4 Å². The molecule has 0 aliphatic carbocycles. The second kappa shape index (κ2) is 7.28. The lowest BCUT2D eigenvalue weighted by atomic mass is 9.99. The zero-order valence-corrected chi connectivity index (χ0v) is 13.0. The summed E-state index contributed by atoms with van der Waals surface area (Å²) in [6.07, 6.45) is -0.118. The number of urea groups is 1. The molecule has 0 aromatic rings. The number of carbonyl (C=O) groups excluding carboxylic acids is 2. The number of nitrogens with zero attached hydrogens (tertiary/aromatic N) is 1. The van der Waals surface area contributed by atoms with Gasteiger partial charge < -0.3 is 20.1 Å². The average molecular weight is 300 g/mol. The maximum absolute atomic E-state index is 12.2. The molecule has 3 unspecified atom stereocenters. The van der Waals surface area contributed by atoms with E-state index in [2.05, 4.69) is 5.32 Å². The number of carboxylic acids is 1. The number of methoxy groups -OCH3 is 1. The van der Waals surface area contributed by atoms with Crippen LogP contribution in [0.2, 0.25) is 0 Å². The summed E-state index contributed by atoms with van der Waals surface area (Å²) in [5.41, 5.74) is 0. The van der Waals surface area contributed by atoms with E-state index < -0.39 is 12.0 Å². The Morgan fingerprint density at radius 1 is 1.33 bits per heavy atom. The van der Waals surface area contributed by atoms with Crippen LogP contribution >= 0.6 is 0 Å². The SMILES string of the molecule is COC(=O)C1CN(C(=O)NC(CC(=O)O)C(C)C)CC1C. The van der Waals surface area contributed by atoms with E-state index >= 15 is 0 Å². The molecule has 2 amide bonds. The third-order valence-electron chi connectivity index (χ3n) is 3.91. The van der Waals surface area contributed by atoms with Crippen LogP contribution in [0.25, 0.3) is 0 Å². The number of likely N-dealkylation sites (tertiary alicyclic amines) is 1. The van der Waals surface area contributed by atoms with Crippen LogP contribution in [0.3, 0.4) is 0 Å². The Balaban J connectivity index is 2.63. The predicted octanol–water partition coefficient (Wildman–Crippen LogP) is 0.936. The van der Waals surface area contributed by atoms with Crippen LogP contribution in [0, 0.1) is 17.8 Å². The summed E-state index contributed by atoms with van der Waals surface area (Å²) >= 11 is 0. The summed E-state index contributed by atoms with van der Waals surface area (Å²) in [6, 6.07) is -0.754. The van der Waals surface area contributed by atoms with E-state index in [1.54, 1.807) is 4.90 Å². The number of aliphatic carboxylic acids is 1. The van der Waals surface area contributed by atoms with Crippen molar-refractivity contribution < 1.29 is 24.2 Å². The van der Waals surface area contributed by atoms with Crippen molar-refractivity contribution in [3.63, 3.8) is 0 Å². The lowest BCUT2D eigenvalue weighted by Gasteiger charge is -2.24. The first kappa shape index (κ1) is 17.3. The zero-order valence-electron chi connectivity index (χ0n) is 13.0. The third-order valence-corrected chi connectivity index (χ3v) is 3.91. The van der Waals surface area contributed by atoms with Gasteiger partial charge in [0.25, 0.3) is 0 Å². The lowest BCUT2D eigenvalue weighted by molar-refractivity contribution is -0.146. The predicted molar refractivity (Wildman–Crippen MR) is 75.7 cm³/mol. The fourth-order valence-corrected chi connectivity index (χ4v) is 2.48. The van der Waals surface area contributed by atoms with Gasteiger partial charge in [0.2, 0.25) is 0 Å². The summed E-state index contributed by atoms with van der Waals surface area (Å²) in [7, 11) is 1.33. The molecule has 120 valence electrons. The van der Waals surface area contributed by atoms with Crippen LogP contribution in [-0.4, -0.2) is 54.2 Å². The van der Waals surface area contributed by atoms with Gasteiger partial charge in [-0.2, -0.15) is 0 Å². The molecule has 0 saturated carbocycles. The Morgan fingerprint density at radius 3 is 2.43 bits per heavy atom. The molecule has 21 heavy (non-hydrogen) atoms. The van der Waals surface area contributed by atoms with Gasteiger partial charge in [0.15, 0.2) is 0 Å². The molecule has 1 aliphatic rings. The molecule has 0 radical (unpaired) electrons. The van der Waals surface area contributed by atoms with Gasteiger partial charge in [-0.25, -0.2) is 4.79 Å². The van der Waals surface area contributed by atoms with Crippen LogP contribution in [0.5, 0.6) is 0 Å². The van der Waals surface area contributed by atoms with E-state index in [1.807, 2.05) is 20.8 Å². The summed E-state index contributed by atoms with van der Waals surface area (Å²) in [5.74, 6) is -1.54. The molecule has 1 aliphatic heterocycles. The normalized spacial score (nSPS) is 23.0. The molecule has 1 fully saturated rings. The number of carboxylic acid groups (broad SMARTS) is 1. The van der Waals surface area contributed by atoms with Crippen LogP contribution in [-0.2, 0) is 14.3 Å². The Bertz CT molecular complexity index is 410. The van der Waals surface area contributed by atoms with E-state index in [4.69, 9.17) is 9.84 Å². The van der Waals surface area contributed by atoms with Crippen LogP contribution in [0.1, 0.15) is 27.2 Å². The van der Waals surface area contributed by atoms with E-state index in [0.717, 1.165) is 0 Å².